The van der Waals surface area contributed by atoms with Gasteiger partial charge in [0, 0.05) is 31.2 Å². The minimum atomic E-state index is -0.103. The number of para-hydroxylation sites is 1. The van der Waals surface area contributed by atoms with Crippen molar-refractivity contribution < 1.29 is 14.3 Å². The first kappa shape index (κ1) is 23.1. The third-order valence-corrected chi connectivity index (χ3v) is 6.73. The first-order valence-corrected chi connectivity index (χ1v) is 11.9. The fraction of sp³-hybridized carbons (Fsp3) is 0.462. The van der Waals surface area contributed by atoms with Crippen molar-refractivity contribution in [2.45, 2.75) is 31.7 Å². The summed E-state index contributed by atoms with van der Waals surface area (Å²) in [4.78, 5) is 29.7. The van der Waals surface area contributed by atoms with Gasteiger partial charge in [-0.2, -0.15) is 0 Å². The molecule has 3 amide bonds. The highest BCUT2D eigenvalue weighted by Crippen LogP contribution is 2.27. The van der Waals surface area contributed by atoms with Crippen LogP contribution in [0.1, 0.15) is 37.3 Å². The van der Waals surface area contributed by atoms with E-state index in [4.69, 9.17) is 4.74 Å². The second-order valence-electron chi connectivity index (χ2n) is 8.83. The van der Waals surface area contributed by atoms with Crippen LogP contribution >= 0.6 is 0 Å². The second-order valence-corrected chi connectivity index (χ2v) is 8.83. The Bertz CT molecular complexity index is 905. The maximum atomic E-state index is 12.9. The number of carbonyl (C=O) groups excluding carboxylic acids is 2. The maximum Gasteiger partial charge on any atom is 0.321 e. The zero-order valence-corrected chi connectivity index (χ0v) is 19.3. The molecule has 4 rings (SSSR count). The summed E-state index contributed by atoms with van der Waals surface area (Å²) in [6.07, 6.45) is 3.77. The van der Waals surface area contributed by atoms with Crippen LogP contribution in [0.2, 0.25) is 0 Å². The molecule has 0 spiro atoms. The van der Waals surface area contributed by atoms with Crippen LogP contribution in [0.4, 0.5) is 10.5 Å². The van der Waals surface area contributed by atoms with Crippen molar-refractivity contribution in [2.24, 2.45) is 5.92 Å². The molecule has 0 aromatic heterocycles. The summed E-state index contributed by atoms with van der Waals surface area (Å²) >= 11 is 0. The van der Waals surface area contributed by atoms with Gasteiger partial charge in [0.15, 0.2) is 0 Å². The average molecular weight is 451 g/mol. The summed E-state index contributed by atoms with van der Waals surface area (Å²) in [7, 11) is 1.67. The molecule has 2 fully saturated rings. The van der Waals surface area contributed by atoms with E-state index in [9.17, 15) is 9.59 Å². The SMILES string of the molecule is COc1ccc([C@@H](CNC(=O)C2CCN(C(=O)Nc3ccccc3)CC2)N2CCCC2)cc1. The van der Waals surface area contributed by atoms with Crippen molar-refractivity contribution >= 4 is 17.6 Å². The lowest BCUT2D eigenvalue weighted by Gasteiger charge is -2.32. The normalized spacial score (nSPS) is 18.0. The summed E-state index contributed by atoms with van der Waals surface area (Å²) in [6.45, 7) is 3.89. The van der Waals surface area contributed by atoms with E-state index in [1.165, 1.54) is 18.4 Å². The summed E-state index contributed by atoms with van der Waals surface area (Å²) in [5.74, 6) is 0.878. The maximum absolute atomic E-state index is 12.9. The summed E-state index contributed by atoms with van der Waals surface area (Å²) < 4.78 is 5.29. The number of carbonyl (C=O) groups is 2. The minimum absolute atomic E-state index is 0.0547. The largest absolute Gasteiger partial charge is 0.497 e. The van der Waals surface area contributed by atoms with Gasteiger partial charge in [-0.05, 0) is 68.6 Å². The molecule has 176 valence electrons. The van der Waals surface area contributed by atoms with Crippen LogP contribution in [0.3, 0.4) is 0 Å². The molecule has 2 heterocycles. The number of methoxy groups -OCH3 is 1. The highest BCUT2D eigenvalue weighted by atomic mass is 16.5. The Morgan fingerprint density at radius 2 is 1.64 bits per heavy atom. The number of hydrogen-bond donors (Lipinski definition) is 2. The molecular formula is C26H34N4O3. The van der Waals surface area contributed by atoms with E-state index in [0.29, 0.717) is 32.5 Å². The molecule has 33 heavy (non-hydrogen) atoms. The van der Waals surface area contributed by atoms with E-state index >= 15 is 0 Å². The number of likely N-dealkylation sites (tertiary alicyclic amines) is 2. The number of amides is 3. The molecular weight excluding hydrogens is 416 g/mol. The first-order chi connectivity index (χ1) is 16.1. The molecule has 2 aliphatic heterocycles. The molecule has 2 aromatic carbocycles. The van der Waals surface area contributed by atoms with E-state index in [2.05, 4.69) is 27.7 Å². The lowest BCUT2D eigenvalue weighted by molar-refractivity contribution is -0.126. The van der Waals surface area contributed by atoms with Crippen LogP contribution in [-0.4, -0.2) is 61.6 Å². The summed E-state index contributed by atoms with van der Waals surface area (Å²) in [5.41, 5.74) is 1.99. The van der Waals surface area contributed by atoms with Gasteiger partial charge in [0.05, 0.1) is 13.2 Å². The predicted octanol–water partition coefficient (Wildman–Crippen LogP) is 3.89. The monoisotopic (exact) mass is 450 g/mol. The van der Waals surface area contributed by atoms with Crippen molar-refractivity contribution in [1.82, 2.24) is 15.1 Å². The molecule has 0 saturated carbocycles. The second kappa shape index (κ2) is 11.2. The molecule has 2 aliphatic rings. The Morgan fingerprint density at radius 1 is 0.970 bits per heavy atom. The fourth-order valence-corrected chi connectivity index (χ4v) is 4.75. The van der Waals surface area contributed by atoms with Crippen molar-refractivity contribution in [1.29, 1.82) is 0 Å². The highest BCUT2D eigenvalue weighted by molar-refractivity contribution is 5.89. The average Bonchev–Trinajstić information content (AvgIpc) is 3.40. The molecule has 1 atom stereocenters. The van der Waals surface area contributed by atoms with E-state index in [1.807, 2.05) is 42.5 Å². The number of nitrogens with one attached hydrogen (secondary N) is 2. The Labute approximate surface area is 196 Å². The molecule has 2 aromatic rings. The molecule has 2 N–H and O–H groups in total. The third-order valence-electron chi connectivity index (χ3n) is 6.73. The Kier molecular flexibility index (Phi) is 7.83. The van der Waals surface area contributed by atoms with Gasteiger partial charge >= 0.3 is 6.03 Å². The van der Waals surface area contributed by atoms with Gasteiger partial charge in [-0.3, -0.25) is 9.69 Å². The summed E-state index contributed by atoms with van der Waals surface area (Å²) in [5, 5.41) is 6.13. The number of piperidine rings is 1. The standard InChI is InChI=1S/C26H34N4O3/c1-33-23-11-9-20(10-12-23)24(29-15-5-6-16-29)19-27-25(31)21-13-17-30(18-14-21)26(32)28-22-7-3-2-4-8-22/h2-4,7-12,21,24H,5-6,13-19H2,1H3,(H,27,31)(H,28,32)/t24-/m1/s1. The van der Waals surface area contributed by atoms with Crippen LogP contribution in [0, 0.1) is 5.92 Å². The van der Waals surface area contributed by atoms with Gasteiger partial charge in [-0.25, -0.2) is 4.79 Å². The van der Waals surface area contributed by atoms with Crippen LogP contribution in [-0.2, 0) is 4.79 Å². The number of nitrogens with zero attached hydrogens (tertiary/aromatic N) is 2. The van der Waals surface area contributed by atoms with E-state index in [-0.39, 0.29) is 23.9 Å². The number of ether oxygens (including phenoxy) is 1. The van der Waals surface area contributed by atoms with Crippen LogP contribution in [0.25, 0.3) is 0 Å². The fourth-order valence-electron chi connectivity index (χ4n) is 4.75. The first-order valence-electron chi connectivity index (χ1n) is 11.9. The number of hydrogen-bond acceptors (Lipinski definition) is 4. The van der Waals surface area contributed by atoms with Crippen molar-refractivity contribution in [3.63, 3.8) is 0 Å². The Balaban J connectivity index is 1.28. The Hall–Kier alpha value is -3.06. The van der Waals surface area contributed by atoms with Crippen molar-refractivity contribution in [3.8, 4) is 5.75 Å². The van der Waals surface area contributed by atoms with Crippen LogP contribution in [0.5, 0.6) is 5.75 Å². The van der Waals surface area contributed by atoms with Crippen LogP contribution < -0.4 is 15.4 Å². The van der Waals surface area contributed by atoms with E-state index in [0.717, 1.165) is 24.5 Å². The molecule has 2 saturated heterocycles. The van der Waals surface area contributed by atoms with Crippen molar-refractivity contribution in [2.75, 3.05) is 45.2 Å². The molecule has 7 nitrogen and oxygen atoms in total. The quantitative estimate of drug-likeness (QED) is 0.671. The van der Waals surface area contributed by atoms with Crippen molar-refractivity contribution in [3.05, 3.63) is 60.2 Å². The summed E-state index contributed by atoms with van der Waals surface area (Å²) in [6, 6.07) is 17.7. The van der Waals surface area contributed by atoms with E-state index in [1.54, 1.807) is 12.0 Å². The lowest BCUT2D eigenvalue weighted by Crippen LogP contribution is -2.45. The lowest BCUT2D eigenvalue weighted by atomic mass is 9.95. The third kappa shape index (κ3) is 6.05. The van der Waals surface area contributed by atoms with Gasteiger partial charge in [0.2, 0.25) is 5.91 Å². The minimum Gasteiger partial charge on any atom is -0.497 e. The Morgan fingerprint density at radius 3 is 2.27 bits per heavy atom. The van der Waals surface area contributed by atoms with Gasteiger partial charge < -0.3 is 20.3 Å². The zero-order valence-electron chi connectivity index (χ0n) is 19.3. The highest BCUT2D eigenvalue weighted by Gasteiger charge is 2.29. The number of benzene rings is 2. The van der Waals surface area contributed by atoms with Gasteiger partial charge in [-0.15, -0.1) is 0 Å². The van der Waals surface area contributed by atoms with E-state index < -0.39 is 0 Å². The topological polar surface area (TPSA) is 73.9 Å². The smallest absolute Gasteiger partial charge is 0.321 e. The molecule has 0 bridgehead atoms. The number of urea groups is 1. The van der Waals surface area contributed by atoms with Gasteiger partial charge in [0.25, 0.3) is 0 Å². The van der Waals surface area contributed by atoms with Crippen LogP contribution in [0.15, 0.2) is 54.6 Å². The number of rotatable bonds is 7. The molecule has 0 aliphatic carbocycles. The predicted molar refractivity (Wildman–Crippen MR) is 129 cm³/mol. The zero-order chi connectivity index (χ0) is 23.0. The number of anilines is 1. The van der Waals surface area contributed by atoms with Gasteiger partial charge in [0.1, 0.15) is 5.75 Å². The molecule has 0 unspecified atom stereocenters. The van der Waals surface area contributed by atoms with Gasteiger partial charge in [-0.1, -0.05) is 30.3 Å². The molecule has 7 heteroatoms. The molecule has 0 radical (unpaired) electrons.